The maximum absolute atomic E-state index is 6.30. The zero-order valence-electron chi connectivity index (χ0n) is 12.1. The van der Waals surface area contributed by atoms with Crippen LogP contribution >= 0.6 is 0 Å². The van der Waals surface area contributed by atoms with Crippen LogP contribution in [0.3, 0.4) is 0 Å². The maximum atomic E-state index is 6.30. The summed E-state index contributed by atoms with van der Waals surface area (Å²) in [5.41, 5.74) is 12.1. The van der Waals surface area contributed by atoms with Crippen LogP contribution in [0.15, 0.2) is 54.6 Å². The van der Waals surface area contributed by atoms with Crippen LogP contribution in [0.2, 0.25) is 0 Å². The highest BCUT2D eigenvalue weighted by molar-refractivity contribution is 5.97. The number of fused-ring (bicyclic) bond motifs is 3. The lowest BCUT2D eigenvalue weighted by atomic mass is 9.93. The van der Waals surface area contributed by atoms with Gasteiger partial charge in [0.25, 0.3) is 0 Å². The Morgan fingerprint density at radius 2 is 1.86 bits per heavy atom. The minimum absolute atomic E-state index is 0.578. The fraction of sp³-hybridized carbons (Fsp3) is 0.158. The van der Waals surface area contributed by atoms with Crippen molar-refractivity contribution in [1.82, 2.24) is 4.57 Å². The largest absolute Gasteiger partial charge is 0.397 e. The molecule has 3 aromatic rings. The van der Waals surface area contributed by atoms with E-state index in [0.717, 1.165) is 17.6 Å². The van der Waals surface area contributed by atoms with Crippen LogP contribution in [-0.4, -0.2) is 4.57 Å². The zero-order valence-corrected chi connectivity index (χ0v) is 12.1. The van der Waals surface area contributed by atoms with Crippen molar-refractivity contribution in [2.45, 2.75) is 13.3 Å². The highest BCUT2D eigenvalue weighted by Gasteiger charge is 2.21. The number of allylic oxidation sites excluding steroid dienone is 1. The van der Waals surface area contributed by atoms with Crippen molar-refractivity contribution in [3.63, 3.8) is 0 Å². The summed E-state index contributed by atoms with van der Waals surface area (Å²) in [5.74, 6) is 0.578. The van der Waals surface area contributed by atoms with Gasteiger partial charge in [-0.25, -0.2) is 0 Å². The summed E-state index contributed by atoms with van der Waals surface area (Å²) in [6.07, 6.45) is 5.61. The van der Waals surface area contributed by atoms with E-state index < -0.39 is 0 Å². The average molecular weight is 274 g/mol. The van der Waals surface area contributed by atoms with Crippen LogP contribution in [0.1, 0.15) is 18.2 Å². The van der Waals surface area contributed by atoms with Crippen LogP contribution in [0.5, 0.6) is 0 Å². The fourth-order valence-corrected chi connectivity index (χ4v) is 3.33. The molecule has 1 aliphatic rings. The third kappa shape index (κ3) is 1.79. The van der Waals surface area contributed by atoms with Crippen molar-refractivity contribution in [3.05, 3.63) is 65.9 Å². The van der Waals surface area contributed by atoms with Crippen molar-refractivity contribution in [2.24, 2.45) is 5.92 Å². The van der Waals surface area contributed by atoms with Gasteiger partial charge in [0, 0.05) is 16.8 Å². The molecule has 1 aromatic heterocycles. The van der Waals surface area contributed by atoms with Gasteiger partial charge in [0.2, 0.25) is 0 Å². The molecule has 0 radical (unpaired) electrons. The van der Waals surface area contributed by atoms with Crippen molar-refractivity contribution in [1.29, 1.82) is 0 Å². The zero-order chi connectivity index (χ0) is 14.4. The molecule has 0 fully saturated rings. The number of benzene rings is 2. The number of hydrogen-bond donors (Lipinski definition) is 1. The topological polar surface area (TPSA) is 30.9 Å². The van der Waals surface area contributed by atoms with E-state index in [2.05, 4.69) is 60.0 Å². The fourth-order valence-electron chi connectivity index (χ4n) is 3.33. The number of rotatable bonds is 1. The second kappa shape index (κ2) is 4.52. The lowest BCUT2D eigenvalue weighted by Gasteiger charge is -2.15. The Bertz CT molecular complexity index is 841. The molecule has 0 amide bonds. The molecule has 1 atom stereocenters. The minimum Gasteiger partial charge on any atom is -0.397 e. The van der Waals surface area contributed by atoms with Gasteiger partial charge in [-0.15, -0.1) is 0 Å². The number of nitrogens with zero attached hydrogens (tertiary/aromatic N) is 1. The first-order chi connectivity index (χ1) is 10.3. The van der Waals surface area contributed by atoms with Crippen molar-refractivity contribution in [3.8, 4) is 5.69 Å². The Morgan fingerprint density at radius 3 is 2.67 bits per heavy atom. The summed E-state index contributed by atoms with van der Waals surface area (Å²) in [6, 6.07) is 16.7. The third-order valence-corrected chi connectivity index (χ3v) is 4.29. The number of aromatic nitrogens is 1. The van der Waals surface area contributed by atoms with Gasteiger partial charge < -0.3 is 10.3 Å². The first kappa shape index (κ1) is 12.3. The molecule has 2 aromatic carbocycles. The first-order valence-corrected chi connectivity index (χ1v) is 7.41. The van der Waals surface area contributed by atoms with Gasteiger partial charge >= 0.3 is 0 Å². The smallest absolute Gasteiger partial charge is 0.0767 e. The number of nitrogen functional groups attached to an aromatic ring is 1. The van der Waals surface area contributed by atoms with Crippen LogP contribution in [0, 0.1) is 5.92 Å². The lowest BCUT2D eigenvalue weighted by molar-refractivity contribution is 0.718. The molecule has 1 heterocycles. The minimum atomic E-state index is 0.578. The van der Waals surface area contributed by atoms with Crippen LogP contribution in [0.25, 0.3) is 22.7 Å². The van der Waals surface area contributed by atoms with Crippen molar-refractivity contribution >= 4 is 22.7 Å². The summed E-state index contributed by atoms with van der Waals surface area (Å²) in [4.78, 5) is 0. The number of nitrogens with two attached hydrogens (primary N) is 1. The summed E-state index contributed by atoms with van der Waals surface area (Å²) < 4.78 is 2.29. The normalized spacial score (nSPS) is 17.1. The van der Waals surface area contributed by atoms with Gasteiger partial charge in [-0.05, 0) is 42.2 Å². The van der Waals surface area contributed by atoms with E-state index >= 15 is 0 Å². The molecule has 1 aliphatic carbocycles. The molecule has 2 nitrogen and oxygen atoms in total. The van der Waals surface area contributed by atoms with Gasteiger partial charge in [-0.2, -0.15) is 0 Å². The Hall–Kier alpha value is -2.48. The predicted molar refractivity (Wildman–Crippen MR) is 89.6 cm³/mol. The average Bonchev–Trinajstić information content (AvgIpc) is 2.83. The number of hydrogen-bond acceptors (Lipinski definition) is 1. The van der Waals surface area contributed by atoms with E-state index in [9.17, 15) is 0 Å². The quantitative estimate of drug-likeness (QED) is 0.654. The SMILES string of the molecule is CC1C=Cc2c(c3cccc(N)c3n2-c2ccccc2)C1. The van der Waals surface area contributed by atoms with Gasteiger partial charge in [0.1, 0.15) is 0 Å². The van der Waals surface area contributed by atoms with Gasteiger partial charge in [0.05, 0.1) is 11.2 Å². The molecular weight excluding hydrogens is 256 g/mol. The molecule has 4 rings (SSSR count). The summed E-state index contributed by atoms with van der Waals surface area (Å²) in [7, 11) is 0. The number of anilines is 1. The van der Waals surface area contributed by atoms with E-state index in [1.165, 1.54) is 22.3 Å². The highest BCUT2D eigenvalue weighted by Crippen LogP contribution is 2.37. The molecule has 1 unspecified atom stereocenters. The second-order valence-corrected chi connectivity index (χ2v) is 5.82. The van der Waals surface area contributed by atoms with Crippen LogP contribution in [0.4, 0.5) is 5.69 Å². The Labute approximate surface area is 124 Å². The number of para-hydroxylation sites is 2. The first-order valence-electron chi connectivity index (χ1n) is 7.41. The van der Waals surface area contributed by atoms with E-state index in [1.807, 2.05) is 12.1 Å². The molecular formula is C19H18N2. The molecule has 0 aliphatic heterocycles. The van der Waals surface area contributed by atoms with E-state index in [4.69, 9.17) is 5.73 Å². The van der Waals surface area contributed by atoms with E-state index in [1.54, 1.807) is 0 Å². The highest BCUT2D eigenvalue weighted by atomic mass is 15.0. The van der Waals surface area contributed by atoms with E-state index in [0.29, 0.717) is 5.92 Å². The van der Waals surface area contributed by atoms with Crippen LogP contribution in [-0.2, 0) is 6.42 Å². The van der Waals surface area contributed by atoms with Gasteiger partial charge in [0.15, 0.2) is 0 Å². The molecule has 0 bridgehead atoms. The van der Waals surface area contributed by atoms with Crippen molar-refractivity contribution < 1.29 is 0 Å². The maximum Gasteiger partial charge on any atom is 0.0767 e. The summed E-state index contributed by atoms with van der Waals surface area (Å²) >= 11 is 0. The lowest BCUT2D eigenvalue weighted by Crippen LogP contribution is -2.05. The Morgan fingerprint density at radius 1 is 1.05 bits per heavy atom. The third-order valence-electron chi connectivity index (χ3n) is 4.29. The van der Waals surface area contributed by atoms with Crippen LogP contribution < -0.4 is 5.73 Å². The standard InChI is InChI=1S/C19H18N2/c1-13-10-11-18-16(12-13)15-8-5-9-17(20)19(15)21(18)14-6-3-2-4-7-14/h2-11,13H,12,20H2,1H3. The molecule has 2 N–H and O–H groups in total. The Balaban J connectivity index is 2.14. The molecule has 0 spiro atoms. The summed E-state index contributed by atoms with van der Waals surface area (Å²) in [6.45, 7) is 2.26. The predicted octanol–water partition coefficient (Wildman–Crippen LogP) is 4.42. The van der Waals surface area contributed by atoms with Gasteiger partial charge in [-0.1, -0.05) is 43.3 Å². The van der Waals surface area contributed by atoms with Crippen molar-refractivity contribution in [2.75, 3.05) is 5.73 Å². The van der Waals surface area contributed by atoms with E-state index in [-0.39, 0.29) is 0 Å². The molecule has 0 saturated carbocycles. The molecule has 104 valence electrons. The van der Waals surface area contributed by atoms with Gasteiger partial charge in [-0.3, -0.25) is 0 Å². The molecule has 2 heteroatoms. The molecule has 21 heavy (non-hydrogen) atoms. The Kier molecular flexibility index (Phi) is 2.64. The second-order valence-electron chi connectivity index (χ2n) is 5.82. The monoisotopic (exact) mass is 274 g/mol. The summed E-state index contributed by atoms with van der Waals surface area (Å²) in [5, 5.41) is 1.28. The molecule has 0 saturated heterocycles.